The second-order valence-electron chi connectivity index (χ2n) is 7.19. The van der Waals surface area contributed by atoms with Crippen molar-refractivity contribution in [3.05, 3.63) is 70.3 Å². The Hall–Kier alpha value is -1.81. The summed E-state index contributed by atoms with van der Waals surface area (Å²) in [5.41, 5.74) is 3.75. The fraction of sp³-hybridized carbons (Fsp3) is 0.429. The van der Waals surface area contributed by atoms with Gasteiger partial charge < -0.3 is 4.90 Å². The van der Waals surface area contributed by atoms with Crippen LogP contribution in [0, 0.1) is 0 Å². The molecule has 0 saturated carbocycles. The number of halogens is 3. The molecule has 0 N–H and O–H groups in total. The Kier molecular flexibility index (Phi) is 4.92. The molecule has 2 aromatic carbocycles. The van der Waals surface area contributed by atoms with Gasteiger partial charge in [-0.25, -0.2) is 0 Å². The lowest BCUT2D eigenvalue weighted by Gasteiger charge is -2.33. The van der Waals surface area contributed by atoms with Crippen LogP contribution < -0.4 is 0 Å². The van der Waals surface area contributed by atoms with E-state index in [0.717, 1.165) is 30.5 Å². The molecule has 0 aromatic heterocycles. The number of hydrogen-bond acceptors (Lipinski definition) is 1. The SMILES string of the molecule is C[C@H]1c2ccccc2[C@@H](CCCN(C)C)c2cc(C(F)(F)F)ccc21. The van der Waals surface area contributed by atoms with Crippen LogP contribution in [0.25, 0.3) is 0 Å². The standard InChI is InChI=1S/C21H24F3N/c1-14-16-7-4-5-8-18(16)19(9-6-12-25(2)3)20-13-15(21(22,23)24)10-11-17(14)20/h4-5,7-8,10-11,13-14,19H,6,9,12H2,1-3H3/t14-,19+/m0/s1. The molecule has 0 radical (unpaired) electrons. The molecule has 1 nitrogen and oxygen atoms in total. The minimum Gasteiger partial charge on any atom is -0.309 e. The molecule has 25 heavy (non-hydrogen) atoms. The number of benzene rings is 2. The van der Waals surface area contributed by atoms with Gasteiger partial charge >= 0.3 is 6.18 Å². The summed E-state index contributed by atoms with van der Waals surface area (Å²) >= 11 is 0. The lowest BCUT2D eigenvalue weighted by molar-refractivity contribution is -0.137. The first-order chi connectivity index (χ1) is 11.8. The summed E-state index contributed by atoms with van der Waals surface area (Å²) in [5.74, 6) is 0.156. The Labute approximate surface area is 147 Å². The number of fused-ring (bicyclic) bond motifs is 2. The van der Waals surface area contributed by atoms with Crippen LogP contribution in [0.5, 0.6) is 0 Å². The first-order valence-corrected chi connectivity index (χ1v) is 8.73. The summed E-state index contributed by atoms with van der Waals surface area (Å²) in [5, 5.41) is 0. The highest BCUT2D eigenvalue weighted by molar-refractivity contribution is 5.53. The Morgan fingerprint density at radius 1 is 0.920 bits per heavy atom. The molecule has 0 bridgehead atoms. The number of hydrogen-bond donors (Lipinski definition) is 0. The molecule has 0 aliphatic heterocycles. The average molecular weight is 347 g/mol. The minimum atomic E-state index is -4.30. The van der Waals surface area contributed by atoms with Gasteiger partial charge in [-0.15, -0.1) is 0 Å². The van der Waals surface area contributed by atoms with Gasteiger partial charge in [0.2, 0.25) is 0 Å². The number of rotatable bonds is 4. The third-order valence-corrected chi connectivity index (χ3v) is 5.19. The van der Waals surface area contributed by atoms with E-state index in [4.69, 9.17) is 0 Å². The molecule has 0 heterocycles. The Bertz CT molecular complexity index is 749. The Balaban J connectivity index is 2.05. The van der Waals surface area contributed by atoms with Gasteiger partial charge in [-0.3, -0.25) is 0 Å². The summed E-state index contributed by atoms with van der Waals surface area (Å²) in [7, 11) is 4.04. The first kappa shape index (κ1) is 18.0. The van der Waals surface area contributed by atoms with Gasteiger partial charge in [0.05, 0.1) is 5.56 Å². The quantitative estimate of drug-likeness (QED) is 0.691. The van der Waals surface area contributed by atoms with E-state index < -0.39 is 11.7 Å². The van der Waals surface area contributed by atoms with E-state index in [1.807, 2.05) is 26.2 Å². The van der Waals surface area contributed by atoms with Crippen LogP contribution in [0.3, 0.4) is 0 Å². The fourth-order valence-corrected chi connectivity index (χ4v) is 3.93. The maximum Gasteiger partial charge on any atom is 0.416 e. The monoisotopic (exact) mass is 347 g/mol. The molecule has 1 aliphatic carbocycles. The van der Waals surface area contributed by atoms with Crippen molar-refractivity contribution in [3.63, 3.8) is 0 Å². The normalized spacial score (nSPS) is 19.6. The summed E-state index contributed by atoms with van der Waals surface area (Å²) in [4.78, 5) is 2.12. The van der Waals surface area contributed by atoms with Crippen molar-refractivity contribution in [2.45, 2.75) is 37.8 Å². The summed E-state index contributed by atoms with van der Waals surface area (Å²) in [6.45, 7) is 3.02. The van der Waals surface area contributed by atoms with Crippen LogP contribution in [0.15, 0.2) is 42.5 Å². The zero-order valence-corrected chi connectivity index (χ0v) is 14.9. The maximum atomic E-state index is 13.2. The van der Waals surface area contributed by atoms with E-state index >= 15 is 0 Å². The van der Waals surface area contributed by atoms with Crippen LogP contribution in [0.1, 0.15) is 59.4 Å². The van der Waals surface area contributed by atoms with E-state index in [2.05, 4.69) is 24.0 Å². The predicted octanol–water partition coefficient (Wildman–Crippen LogP) is 5.64. The third kappa shape index (κ3) is 3.59. The number of nitrogens with zero attached hydrogens (tertiary/aromatic N) is 1. The highest BCUT2D eigenvalue weighted by atomic mass is 19.4. The molecule has 2 atom stereocenters. The topological polar surface area (TPSA) is 3.24 Å². The van der Waals surface area contributed by atoms with Gasteiger partial charge in [0.15, 0.2) is 0 Å². The molecule has 0 amide bonds. The van der Waals surface area contributed by atoms with Crippen molar-refractivity contribution in [3.8, 4) is 0 Å². The van der Waals surface area contributed by atoms with Gasteiger partial charge in [0.25, 0.3) is 0 Å². The van der Waals surface area contributed by atoms with Crippen molar-refractivity contribution in [1.82, 2.24) is 4.90 Å². The second kappa shape index (κ2) is 6.83. The van der Waals surface area contributed by atoms with Gasteiger partial charge in [-0.05, 0) is 67.9 Å². The Morgan fingerprint density at radius 2 is 1.56 bits per heavy atom. The summed E-state index contributed by atoms with van der Waals surface area (Å²) < 4.78 is 39.7. The smallest absolute Gasteiger partial charge is 0.309 e. The van der Waals surface area contributed by atoms with Gasteiger partial charge in [-0.1, -0.05) is 37.3 Å². The van der Waals surface area contributed by atoms with Crippen LogP contribution in [0.2, 0.25) is 0 Å². The fourth-order valence-electron chi connectivity index (χ4n) is 3.93. The van der Waals surface area contributed by atoms with Crippen LogP contribution >= 0.6 is 0 Å². The lowest BCUT2D eigenvalue weighted by Crippen LogP contribution is -2.20. The van der Waals surface area contributed by atoms with Crippen molar-refractivity contribution in [2.24, 2.45) is 0 Å². The van der Waals surface area contributed by atoms with E-state index in [1.165, 1.54) is 23.3 Å². The first-order valence-electron chi connectivity index (χ1n) is 8.73. The van der Waals surface area contributed by atoms with Crippen LogP contribution in [-0.2, 0) is 6.18 Å². The van der Waals surface area contributed by atoms with E-state index in [9.17, 15) is 13.2 Å². The zero-order chi connectivity index (χ0) is 18.2. The lowest BCUT2D eigenvalue weighted by atomic mass is 9.71. The zero-order valence-electron chi connectivity index (χ0n) is 14.9. The molecular formula is C21H24F3N. The van der Waals surface area contributed by atoms with Crippen LogP contribution in [-0.4, -0.2) is 25.5 Å². The molecular weight excluding hydrogens is 323 g/mol. The van der Waals surface area contributed by atoms with E-state index in [-0.39, 0.29) is 11.8 Å². The molecule has 134 valence electrons. The van der Waals surface area contributed by atoms with Gasteiger partial charge in [0, 0.05) is 11.8 Å². The molecule has 1 aliphatic rings. The minimum absolute atomic E-state index is 0.0321. The van der Waals surface area contributed by atoms with Crippen LogP contribution in [0.4, 0.5) is 13.2 Å². The molecule has 0 fully saturated rings. The van der Waals surface area contributed by atoms with Crippen molar-refractivity contribution >= 4 is 0 Å². The molecule has 0 spiro atoms. The highest BCUT2D eigenvalue weighted by Crippen LogP contribution is 2.46. The molecule has 0 unspecified atom stereocenters. The van der Waals surface area contributed by atoms with E-state index in [1.54, 1.807) is 6.07 Å². The average Bonchev–Trinajstić information content (AvgIpc) is 2.56. The summed E-state index contributed by atoms with van der Waals surface area (Å²) in [6.07, 6.45) is -2.49. The molecule has 2 aromatic rings. The summed E-state index contributed by atoms with van der Waals surface area (Å²) in [6, 6.07) is 12.5. The van der Waals surface area contributed by atoms with Crippen molar-refractivity contribution in [2.75, 3.05) is 20.6 Å². The predicted molar refractivity (Wildman–Crippen MR) is 95.0 cm³/mol. The largest absolute Gasteiger partial charge is 0.416 e. The Morgan fingerprint density at radius 3 is 2.20 bits per heavy atom. The highest BCUT2D eigenvalue weighted by Gasteiger charge is 2.35. The van der Waals surface area contributed by atoms with Crippen molar-refractivity contribution in [1.29, 1.82) is 0 Å². The second-order valence-corrected chi connectivity index (χ2v) is 7.19. The third-order valence-electron chi connectivity index (χ3n) is 5.19. The molecule has 0 saturated heterocycles. The van der Waals surface area contributed by atoms with E-state index in [0.29, 0.717) is 0 Å². The molecule has 4 heteroatoms. The molecule has 3 rings (SSSR count). The van der Waals surface area contributed by atoms with Crippen molar-refractivity contribution < 1.29 is 13.2 Å². The van der Waals surface area contributed by atoms with Gasteiger partial charge in [0.1, 0.15) is 0 Å². The maximum absolute atomic E-state index is 13.2. The van der Waals surface area contributed by atoms with Gasteiger partial charge in [-0.2, -0.15) is 13.2 Å². The number of alkyl halides is 3.